The van der Waals surface area contributed by atoms with Crippen molar-refractivity contribution in [3.63, 3.8) is 0 Å². The Balaban J connectivity index is 2.79. The molecule has 0 saturated carbocycles. The second kappa shape index (κ2) is 5.04. The molecule has 3 heteroatoms. The average molecular weight is 207 g/mol. The van der Waals surface area contributed by atoms with E-state index in [0.717, 1.165) is 10.5 Å². The summed E-state index contributed by atoms with van der Waals surface area (Å²) in [6.07, 6.45) is -0.451. The lowest BCUT2D eigenvalue weighted by Crippen LogP contribution is -1.93. The third kappa shape index (κ3) is 3.06. The van der Waals surface area contributed by atoms with Crippen molar-refractivity contribution in [2.24, 2.45) is 0 Å². The smallest absolute Gasteiger partial charge is 0.0935 e. The van der Waals surface area contributed by atoms with E-state index in [0.29, 0.717) is 0 Å². The molecule has 0 heterocycles. The van der Waals surface area contributed by atoms with Gasteiger partial charge in [-0.1, -0.05) is 12.1 Å². The molecular weight excluding hydrogens is 194 g/mol. The van der Waals surface area contributed by atoms with E-state index < -0.39 is 6.10 Å². The minimum atomic E-state index is -0.451. The Morgan fingerprint density at radius 1 is 1.43 bits per heavy atom. The van der Waals surface area contributed by atoms with Gasteiger partial charge in [-0.15, -0.1) is 11.8 Å². The summed E-state index contributed by atoms with van der Waals surface area (Å²) in [5, 5.41) is 18.0. The molecule has 0 spiro atoms. The predicted molar refractivity (Wildman–Crippen MR) is 58.0 cm³/mol. The zero-order valence-corrected chi connectivity index (χ0v) is 9.08. The number of hydrogen-bond donors (Lipinski definition) is 1. The second-order valence-corrected chi connectivity index (χ2v) is 4.55. The van der Waals surface area contributed by atoms with Crippen LogP contribution in [0.3, 0.4) is 0 Å². The van der Waals surface area contributed by atoms with Crippen molar-refractivity contribution in [3.05, 3.63) is 29.8 Å². The quantitative estimate of drug-likeness (QED) is 0.775. The van der Waals surface area contributed by atoms with E-state index in [9.17, 15) is 5.11 Å². The lowest BCUT2D eigenvalue weighted by molar-refractivity contribution is 0.199. The Hall–Kier alpha value is -0.980. The van der Waals surface area contributed by atoms with E-state index in [1.54, 1.807) is 6.92 Å². The van der Waals surface area contributed by atoms with E-state index >= 15 is 0 Å². The molecule has 2 nitrogen and oxygen atoms in total. The normalized spacial score (nSPS) is 14.4. The van der Waals surface area contributed by atoms with Crippen LogP contribution in [-0.2, 0) is 0 Å². The lowest BCUT2D eigenvalue weighted by Gasteiger charge is -2.07. The maximum absolute atomic E-state index is 9.37. The Bertz CT molecular complexity index is 343. The van der Waals surface area contributed by atoms with E-state index in [4.69, 9.17) is 5.26 Å². The maximum Gasteiger partial charge on any atom is 0.0935 e. The van der Waals surface area contributed by atoms with E-state index in [2.05, 4.69) is 6.07 Å². The molecule has 2 unspecified atom stereocenters. The summed E-state index contributed by atoms with van der Waals surface area (Å²) in [6, 6.07) is 9.81. The minimum Gasteiger partial charge on any atom is -0.389 e. The van der Waals surface area contributed by atoms with Gasteiger partial charge in [-0.3, -0.25) is 0 Å². The highest BCUT2D eigenvalue weighted by molar-refractivity contribution is 8.00. The molecule has 0 aromatic heterocycles. The number of benzene rings is 1. The predicted octanol–water partition coefficient (Wildman–Crippen LogP) is 2.74. The van der Waals surface area contributed by atoms with Gasteiger partial charge in [0.05, 0.1) is 17.4 Å². The number of aliphatic hydroxyl groups excluding tert-OH is 1. The summed E-state index contributed by atoms with van der Waals surface area (Å²) in [7, 11) is 0. The number of thioether (sulfide) groups is 1. The number of nitriles is 1. The molecule has 14 heavy (non-hydrogen) atoms. The van der Waals surface area contributed by atoms with Crippen molar-refractivity contribution in [2.75, 3.05) is 0 Å². The second-order valence-electron chi connectivity index (χ2n) is 3.14. The van der Waals surface area contributed by atoms with Crippen molar-refractivity contribution >= 4 is 11.8 Å². The topological polar surface area (TPSA) is 44.0 Å². The maximum atomic E-state index is 9.37. The third-order valence-electron chi connectivity index (χ3n) is 1.84. The molecular formula is C11H13NOS. The van der Waals surface area contributed by atoms with Gasteiger partial charge in [0.1, 0.15) is 0 Å². The highest BCUT2D eigenvalue weighted by atomic mass is 32.2. The van der Waals surface area contributed by atoms with Crippen molar-refractivity contribution in [1.29, 1.82) is 5.26 Å². The summed E-state index contributed by atoms with van der Waals surface area (Å²) < 4.78 is 0. The number of aliphatic hydroxyl groups is 1. The first-order valence-electron chi connectivity index (χ1n) is 4.48. The van der Waals surface area contributed by atoms with Gasteiger partial charge in [-0.2, -0.15) is 5.26 Å². The van der Waals surface area contributed by atoms with Crippen molar-refractivity contribution in [3.8, 4) is 6.07 Å². The fourth-order valence-electron chi connectivity index (χ4n) is 1.08. The minimum absolute atomic E-state index is 0.0563. The van der Waals surface area contributed by atoms with Crippen LogP contribution in [0.15, 0.2) is 29.2 Å². The first-order valence-corrected chi connectivity index (χ1v) is 5.35. The van der Waals surface area contributed by atoms with Gasteiger partial charge in [0.15, 0.2) is 0 Å². The highest BCUT2D eigenvalue weighted by Gasteiger charge is 2.05. The largest absolute Gasteiger partial charge is 0.389 e. The Morgan fingerprint density at radius 3 is 2.71 bits per heavy atom. The standard InChI is InChI=1S/C11H13NOS/c1-8(7-12)14-11-5-3-4-10(6-11)9(2)13/h3-6,8-9,13H,1-2H3. The third-order valence-corrected chi connectivity index (χ3v) is 2.82. The first kappa shape index (κ1) is 11.1. The van der Waals surface area contributed by atoms with Gasteiger partial charge in [-0.05, 0) is 31.5 Å². The van der Waals surface area contributed by atoms with E-state index in [1.165, 1.54) is 11.8 Å². The van der Waals surface area contributed by atoms with Crippen LogP contribution in [0.1, 0.15) is 25.5 Å². The van der Waals surface area contributed by atoms with Crippen LogP contribution in [0.25, 0.3) is 0 Å². The van der Waals surface area contributed by atoms with Gasteiger partial charge < -0.3 is 5.11 Å². The fourth-order valence-corrected chi connectivity index (χ4v) is 1.90. The summed E-state index contributed by atoms with van der Waals surface area (Å²) >= 11 is 1.50. The number of hydrogen-bond acceptors (Lipinski definition) is 3. The van der Waals surface area contributed by atoms with Gasteiger partial charge in [0.25, 0.3) is 0 Å². The van der Waals surface area contributed by atoms with Crippen LogP contribution in [0.5, 0.6) is 0 Å². The van der Waals surface area contributed by atoms with Crippen LogP contribution >= 0.6 is 11.8 Å². The van der Waals surface area contributed by atoms with Gasteiger partial charge in [0, 0.05) is 4.90 Å². The summed E-state index contributed by atoms with van der Waals surface area (Å²) in [4.78, 5) is 1.03. The molecule has 0 amide bonds. The SMILES string of the molecule is CC(C#N)Sc1cccc(C(C)O)c1. The summed E-state index contributed by atoms with van der Waals surface area (Å²) in [5.74, 6) is 0. The zero-order valence-electron chi connectivity index (χ0n) is 8.27. The van der Waals surface area contributed by atoms with Crippen LogP contribution in [-0.4, -0.2) is 10.4 Å². The van der Waals surface area contributed by atoms with Crippen molar-refractivity contribution in [2.45, 2.75) is 30.1 Å². The molecule has 0 aliphatic carbocycles. The van der Waals surface area contributed by atoms with Crippen molar-refractivity contribution in [1.82, 2.24) is 0 Å². The molecule has 1 N–H and O–H groups in total. The molecule has 0 saturated heterocycles. The molecule has 0 bridgehead atoms. The molecule has 1 aromatic carbocycles. The Morgan fingerprint density at radius 2 is 2.14 bits per heavy atom. The van der Waals surface area contributed by atoms with Gasteiger partial charge in [-0.25, -0.2) is 0 Å². The molecule has 74 valence electrons. The van der Waals surface area contributed by atoms with Crippen LogP contribution in [0.2, 0.25) is 0 Å². The Labute approximate surface area is 88.6 Å². The monoisotopic (exact) mass is 207 g/mol. The molecule has 0 aliphatic rings. The van der Waals surface area contributed by atoms with E-state index in [-0.39, 0.29) is 5.25 Å². The van der Waals surface area contributed by atoms with Crippen LogP contribution in [0.4, 0.5) is 0 Å². The molecule has 1 aromatic rings. The average Bonchev–Trinajstić information content (AvgIpc) is 2.18. The summed E-state index contributed by atoms with van der Waals surface area (Å²) in [5.41, 5.74) is 0.889. The number of nitrogens with zero attached hydrogens (tertiary/aromatic N) is 1. The lowest BCUT2D eigenvalue weighted by atomic mass is 10.1. The van der Waals surface area contributed by atoms with Gasteiger partial charge in [0.2, 0.25) is 0 Å². The molecule has 0 radical (unpaired) electrons. The molecule has 2 atom stereocenters. The zero-order chi connectivity index (χ0) is 10.6. The number of rotatable bonds is 3. The van der Waals surface area contributed by atoms with Crippen molar-refractivity contribution < 1.29 is 5.11 Å². The highest BCUT2D eigenvalue weighted by Crippen LogP contribution is 2.25. The van der Waals surface area contributed by atoms with Crippen LogP contribution in [0, 0.1) is 11.3 Å². The van der Waals surface area contributed by atoms with Crippen LogP contribution < -0.4 is 0 Å². The van der Waals surface area contributed by atoms with E-state index in [1.807, 2.05) is 31.2 Å². The summed E-state index contributed by atoms with van der Waals surface area (Å²) in [6.45, 7) is 3.59. The first-order chi connectivity index (χ1) is 6.63. The Kier molecular flexibility index (Phi) is 3.99. The molecule has 1 rings (SSSR count). The molecule has 0 aliphatic heterocycles. The van der Waals surface area contributed by atoms with Gasteiger partial charge >= 0.3 is 0 Å². The fraction of sp³-hybridized carbons (Fsp3) is 0.364. The molecule has 0 fully saturated rings.